The number of anilines is 1. The Morgan fingerprint density at radius 3 is 2.49 bits per heavy atom. The highest BCUT2D eigenvalue weighted by Crippen LogP contribution is 2.25. The predicted molar refractivity (Wildman–Crippen MR) is 130 cm³/mol. The Kier molecular flexibility index (Phi) is 6.17. The Bertz CT molecular complexity index is 1520. The molecule has 1 aliphatic rings. The SMILES string of the molecule is O=C(CSc1nc2ccccc2c(=O)n1-c1ccc(F)cc1F)c1ccc(N2CCCC2=O)cc1. The number of ketones is 1. The molecule has 0 bridgehead atoms. The largest absolute Gasteiger partial charge is 0.312 e. The second kappa shape index (κ2) is 9.42. The van der Waals surface area contributed by atoms with E-state index >= 15 is 0 Å². The van der Waals surface area contributed by atoms with E-state index in [0.717, 1.165) is 34.5 Å². The molecule has 0 N–H and O–H groups in total. The van der Waals surface area contributed by atoms with Crippen LogP contribution in [0.1, 0.15) is 23.2 Å². The number of carbonyl (C=O) groups excluding carboxylic acids is 2. The molecule has 1 aromatic heterocycles. The Morgan fingerprint density at radius 2 is 1.77 bits per heavy atom. The average Bonchev–Trinajstić information content (AvgIpc) is 3.29. The van der Waals surface area contributed by atoms with Crippen LogP contribution in [0.2, 0.25) is 0 Å². The highest BCUT2D eigenvalue weighted by molar-refractivity contribution is 7.99. The van der Waals surface area contributed by atoms with Gasteiger partial charge in [-0.1, -0.05) is 23.9 Å². The maximum Gasteiger partial charge on any atom is 0.266 e. The molecule has 0 spiro atoms. The van der Waals surface area contributed by atoms with Gasteiger partial charge in [-0.15, -0.1) is 0 Å². The number of carbonyl (C=O) groups is 2. The fourth-order valence-corrected chi connectivity index (χ4v) is 4.95. The minimum atomic E-state index is -0.913. The highest BCUT2D eigenvalue weighted by atomic mass is 32.2. The standard InChI is InChI=1S/C26H19F2N3O3S/c27-17-9-12-22(20(28)14-17)31-25(34)19-4-1-2-5-21(19)29-26(31)35-15-23(32)16-7-10-18(11-8-16)30-13-3-6-24(30)33/h1-2,4-5,7-12,14H,3,6,13,15H2. The monoisotopic (exact) mass is 491 g/mol. The van der Waals surface area contributed by atoms with Gasteiger partial charge in [0.25, 0.3) is 5.56 Å². The molecule has 1 amide bonds. The minimum absolute atomic E-state index is 0.0599. The van der Waals surface area contributed by atoms with Crippen molar-refractivity contribution < 1.29 is 18.4 Å². The molecule has 35 heavy (non-hydrogen) atoms. The zero-order chi connectivity index (χ0) is 24.5. The third kappa shape index (κ3) is 4.46. The number of para-hydroxylation sites is 1. The van der Waals surface area contributed by atoms with Crippen LogP contribution in [0.3, 0.4) is 0 Å². The van der Waals surface area contributed by atoms with Crippen molar-refractivity contribution in [2.24, 2.45) is 0 Å². The van der Waals surface area contributed by atoms with Crippen molar-refractivity contribution in [1.82, 2.24) is 9.55 Å². The molecule has 2 heterocycles. The highest BCUT2D eigenvalue weighted by Gasteiger charge is 2.22. The fourth-order valence-electron chi connectivity index (χ4n) is 4.05. The van der Waals surface area contributed by atoms with Crippen molar-refractivity contribution in [3.8, 4) is 5.69 Å². The van der Waals surface area contributed by atoms with E-state index in [2.05, 4.69) is 4.98 Å². The van der Waals surface area contributed by atoms with E-state index in [-0.39, 0.29) is 33.7 Å². The first kappa shape index (κ1) is 22.9. The molecule has 1 fully saturated rings. The lowest BCUT2D eigenvalue weighted by Gasteiger charge is -2.16. The molecule has 176 valence electrons. The van der Waals surface area contributed by atoms with Crippen LogP contribution in [-0.4, -0.2) is 33.5 Å². The summed E-state index contributed by atoms with van der Waals surface area (Å²) in [6.45, 7) is 0.660. The Hall–Kier alpha value is -3.85. The summed E-state index contributed by atoms with van der Waals surface area (Å²) >= 11 is 0.994. The predicted octanol–water partition coefficient (Wildman–Crippen LogP) is 4.77. The van der Waals surface area contributed by atoms with E-state index in [4.69, 9.17) is 0 Å². The molecule has 0 aliphatic carbocycles. The van der Waals surface area contributed by atoms with Crippen molar-refractivity contribution in [3.63, 3.8) is 0 Å². The normalized spacial score (nSPS) is 13.5. The number of hydrogen-bond donors (Lipinski definition) is 0. The van der Waals surface area contributed by atoms with Gasteiger partial charge in [0.2, 0.25) is 5.91 Å². The summed E-state index contributed by atoms with van der Waals surface area (Å²) in [5.74, 6) is -1.90. The second-order valence-corrected chi connectivity index (χ2v) is 9.00. The second-order valence-electron chi connectivity index (χ2n) is 8.06. The third-order valence-electron chi connectivity index (χ3n) is 5.80. The summed E-state index contributed by atoms with van der Waals surface area (Å²) in [7, 11) is 0. The Morgan fingerprint density at radius 1 is 1.00 bits per heavy atom. The number of amides is 1. The third-order valence-corrected chi connectivity index (χ3v) is 6.74. The summed E-state index contributed by atoms with van der Waals surface area (Å²) in [6.07, 6.45) is 1.33. The van der Waals surface area contributed by atoms with Crippen LogP contribution in [0.15, 0.2) is 76.7 Å². The molecule has 1 saturated heterocycles. The molecule has 6 nitrogen and oxygen atoms in total. The molecular formula is C26H19F2N3O3S. The van der Waals surface area contributed by atoms with Crippen molar-refractivity contribution in [2.45, 2.75) is 18.0 Å². The first-order valence-corrected chi connectivity index (χ1v) is 11.9. The number of rotatable bonds is 6. The van der Waals surface area contributed by atoms with Gasteiger partial charge in [0.15, 0.2) is 10.9 Å². The molecule has 4 aromatic rings. The van der Waals surface area contributed by atoms with Gasteiger partial charge in [-0.3, -0.25) is 19.0 Å². The quantitative estimate of drug-likeness (QED) is 0.221. The van der Waals surface area contributed by atoms with E-state index in [1.54, 1.807) is 53.4 Å². The van der Waals surface area contributed by atoms with Gasteiger partial charge in [0.1, 0.15) is 11.6 Å². The molecule has 1 aliphatic heterocycles. The van der Waals surface area contributed by atoms with E-state index in [9.17, 15) is 23.2 Å². The van der Waals surface area contributed by atoms with Crippen LogP contribution in [0.5, 0.6) is 0 Å². The van der Waals surface area contributed by atoms with Gasteiger partial charge in [-0.2, -0.15) is 0 Å². The van der Waals surface area contributed by atoms with Gasteiger partial charge in [0, 0.05) is 30.3 Å². The summed E-state index contributed by atoms with van der Waals surface area (Å²) in [4.78, 5) is 44.2. The van der Waals surface area contributed by atoms with Crippen LogP contribution in [0.25, 0.3) is 16.6 Å². The number of hydrogen-bond acceptors (Lipinski definition) is 5. The topological polar surface area (TPSA) is 72.3 Å². The lowest BCUT2D eigenvalue weighted by Crippen LogP contribution is -2.23. The van der Waals surface area contributed by atoms with E-state index in [1.165, 1.54) is 6.07 Å². The summed E-state index contributed by atoms with van der Waals surface area (Å²) in [6, 6.07) is 16.4. The van der Waals surface area contributed by atoms with E-state index < -0.39 is 17.2 Å². The number of benzene rings is 3. The zero-order valence-electron chi connectivity index (χ0n) is 18.4. The number of halogens is 2. The lowest BCUT2D eigenvalue weighted by molar-refractivity contribution is -0.117. The smallest absolute Gasteiger partial charge is 0.266 e. The first-order valence-electron chi connectivity index (χ1n) is 11.0. The lowest BCUT2D eigenvalue weighted by atomic mass is 10.1. The fraction of sp³-hybridized carbons (Fsp3) is 0.154. The first-order chi connectivity index (χ1) is 16.9. The summed E-state index contributed by atoms with van der Waals surface area (Å²) in [5, 5.41) is 0.394. The molecule has 0 radical (unpaired) electrons. The van der Waals surface area contributed by atoms with Crippen LogP contribution < -0.4 is 10.5 Å². The van der Waals surface area contributed by atoms with E-state index in [1.807, 2.05) is 0 Å². The number of aromatic nitrogens is 2. The molecule has 0 saturated carbocycles. The molecule has 5 rings (SSSR count). The number of Topliss-reactive ketones (excluding diaryl/α,β-unsaturated/α-hetero) is 1. The zero-order valence-corrected chi connectivity index (χ0v) is 19.2. The average molecular weight is 492 g/mol. The Balaban J connectivity index is 1.45. The van der Waals surface area contributed by atoms with Gasteiger partial charge in [-0.25, -0.2) is 13.8 Å². The molecular weight excluding hydrogens is 472 g/mol. The van der Waals surface area contributed by atoms with Crippen molar-refractivity contribution in [3.05, 3.63) is 94.3 Å². The van der Waals surface area contributed by atoms with Gasteiger partial charge >= 0.3 is 0 Å². The van der Waals surface area contributed by atoms with Crippen LogP contribution in [-0.2, 0) is 4.79 Å². The summed E-state index contributed by atoms with van der Waals surface area (Å²) in [5.41, 5.74) is 0.926. The summed E-state index contributed by atoms with van der Waals surface area (Å²) < 4.78 is 29.2. The van der Waals surface area contributed by atoms with Gasteiger partial charge in [-0.05, 0) is 55.0 Å². The Labute approximate surface area is 203 Å². The molecule has 0 unspecified atom stereocenters. The maximum absolute atomic E-state index is 14.6. The molecule has 9 heteroatoms. The molecule has 0 atom stereocenters. The number of fused-ring (bicyclic) bond motifs is 1. The van der Waals surface area contributed by atoms with Crippen molar-refractivity contribution in [1.29, 1.82) is 0 Å². The number of nitrogens with zero attached hydrogens (tertiary/aromatic N) is 3. The van der Waals surface area contributed by atoms with Crippen LogP contribution in [0.4, 0.5) is 14.5 Å². The number of thioether (sulfide) groups is 1. The maximum atomic E-state index is 14.6. The van der Waals surface area contributed by atoms with E-state index in [0.29, 0.717) is 30.1 Å². The van der Waals surface area contributed by atoms with Crippen LogP contribution >= 0.6 is 11.8 Å². The van der Waals surface area contributed by atoms with Crippen LogP contribution in [0, 0.1) is 11.6 Å². The van der Waals surface area contributed by atoms with Gasteiger partial charge < -0.3 is 4.90 Å². The van der Waals surface area contributed by atoms with Gasteiger partial charge in [0.05, 0.1) is 22.3 Å². The van der Waals surface area contributed by atoms with Crippen molar-refractivity contribution >= 4 is 40.0 Å². The molecule has 3 aromatic carbocycles. The minimum Gasteiger partial charge on any atom is -0.312 e. The van der Waals surface area contributed by atoms with Crippen molar-refractivity contribution in [2.75, 3.05) is 17.2 Å².